The first-order valence-electron chi connectivity index (χ1n) is 6.37. The Bertz CT molecular complexity index is 238. The van der Waals surface area contributed by atoms with Gasteiger partial charge in [0.1, 0.15) is 0 Å². The maximum absolute atomic E-state index is 10.5. The summed E-state index contributed by atoms with van der Waals surface area (Å²) in [7, 11) is 0. The molecule has 1 aliphatic rings. The molecule has 3 heteroatoms. The van der Waals surface area contributed by atoms with Crippen molar-refractivity contribution in [3.05, 3.63) is 0 Å². The van der Waals surface area contributed by atoms with Crippen LogP contribution in [0.1, 0.15) is 59.3 Å². The molecule has 94 valence electrons. The number of hydrogen-bond acceptors (Lipinski definition) is 2. The first-order valence-corrected chi connectivity index (χ1v) is 6.37. The van der Waals surface area contributed by atoms with Gasteiger partial charge in [0.25, 0.3) is 0 Å². The van der Waals surface area contributed by atoms with Gasteiger partial charge in [-0.05, 0) is 38.0 Å². The fourth-order valence-electron chi connectivity index (χ4n) is 2.67. The fraction of sp³-hybridized carbons (Fsp3) is 0.923. The summed E-state index contributed by atoms with van der Waals surface area (Å²) in [5.41, 5.74) is 0.447. The average Bonchev–Trinajstić information content (AvgIpc) is 2.13. The molecular weight excluding hydrogens is 202 g/mol. The van der Waals surface area contributed by atoms with Gasteiger partial charge < -0.3 is 10.4 Å². The van der Waals surface area contributed by atoms with Gasteiger partial charge in [-0.1, -0.05) is 20.3 Å². The number of carboxylic acids is 1. The van der Waals surface area contributed by atoms with E-state index in [1.807, 2.05) is 0 Å². The summed E-state index contributed by atoms with van der Waals surface area (Å²) in [5, 5.41) is 12.2. The summed E-state index contributed by atoms with van der Waals surface area (Å²) in [4.78, 5) is 10.5. The summed E-state index contributed by atoms with van der Waals surface area (Å²) < 4.78 is 0. The molecule has 1 saturated carbocycles. The van der Waals surface area contributed by atoms with Crippen LogP contribution < -0.4 is 5.32 Å². The van der Waals surface area contributed by atoms with E-state index < -0.39 is 5.97 Å². The first-order chi connectivity index (χ1) is 7.39. The monoisotopic (exact) mass is 227 g/mol. The summed E-state index contributed by atoms with van der Waals surface area (Å²) in [5.74, 6) is -0.697. The van der Waals surface area contributed by atoms with E-state index in [4.69, 9.17) is 5.11 Å². The Kier molecular flexibility index (Phi) is 4.78. The highest BCUT2D eigenvalue weighted by Gasteiger charge is 2.28. The normalized spacial score (nSPS) is 26.3. The van der Waals surface area contributed by atoms with Crippen LogP contribution in [0.5, 0.6) is 0 Å². The number of aliphatic carboxylic acids is 1. The Balaban J connectivity index is 2.28. The second-order valence-corrected chi connectivity index (χ2v) is 5.96. The smallest absolute Gasteiger partial charge is 0.303 e. The lowest BCUT2D eigenvalue weighted by atomic mass is 9.75. The molecule has 0 bridgehead atoms. The van der Waals surface area contributed by atoms with Crippen LogP contribution in [0.2, 0.25) is 0 Å². The predicted octanol–water partition coefficient (Wildman–Crippen LogP) is 2.80. The van der Waals surface area contributed by atoms with Crippen molar-refractivity contribution in [1.82, 2.24) is 5.32 Å². The number of hydrogen-bond donors (Lipinski definition) is 2. The van der Waals surface area contributed by atoms with Crippen molar-refractivity contribution in [3.63, 3.8) is 0 Å². The van der Waals surface area contributed by atoms with E-state index in [1.165, 1.54) is 25.7 Å². The lowest BCUT2D eigenvalue weighted by Crippen LogP contribution is -2.41. The zero-order chi connectivity index (χ0) is 12.2. The third-order valence-electron chi connectivity index (χ3n) is 3.52. The number of nitrogens with one attached hydrogen (secondary N) is 1. The molecule has 0 aromatic rings. The van der Waals surface area contributed by atoms with Crippen molar-refractivity contribution in [1.29, 1.82) is 0 Å². The molecule has 3 nitrogen and oxygen atoms in total. The first kappa shape index (κ1) is 13.5. The Morgan fingerprint density at radius 1 is 1.56 bits per heavy atom. The lowest BCUT2D eigenvalue weighted by molar-refractivity contribution is -0.137. The molecular formula is C13H25NO2. The quantitative estimate of drug-likeness (QED) is 0.759. The van der Waals surface area contributed by atoms with Crippen LogP contribution in [0.25, 0.3) is 0 Å². The summed E-state index contributed by atoms with van der Waals surface area (Å²) in [6, 6.07) is 0.891. The summed E-state index contributed by atoms with van der Waals surface area (Å²) in [6.07, 6.45) is 6.05. The van der Waals surface area contributed by atoms with Crippen molar-refractivity contribution < 1.29 is 9.90 Å². The number of rotatable bonds is 5. The Morgan fingerprint density at radius 3 is 2.81 bits per heavy atom. The van der Waals surface area contributed by atoms with Gasteiger partial charge >= 0.3 is 5.97 Å². The van der Waals surface area contributed by atoms with Crippen molar-refractivity contribution in [2.45, 2.75) is 71.4 Å². The molecule has 0 aromatic carbocycles. The molecule has 0 saturated heterocycles. The maximum Gasteiger partial charge on any atom is 0.303 e. The lowest BCUT2D eigenvalue weighted by Gasteiger charge is -2.37. The van der Waals surface area contributed by atoms with Crippen LogP contribution in [0.4, 0.5) is 0 Å². The molecule has 0 aromatic heterocycles. The van der Waals surface area contributed by atoms with Crippen molar-refractivity contribution >= 4 is 5.97 Å². The van der Waals surface area contributed by atoms with Gasteiger partial charge in [0.05, 0.1) is 0 Å². The molecule has 0 heterocycles. The molecule has 0 amide bonds. The molecule has 1 rings (SSSR count). The highest BCUT2D eigenvalue weighted by Crippen LogP contribution is 2.35. The highest BCUT2D eigenvalue weighted by atomic mass is 16.4. The molecule has 16 heavy (non-hydrogen) atoms. The van der Waals surface area contributed by atoms with Gasteiger partial charge in [0.15, 0.2) is 0 Å². The highest BCUT2D eigenvalue weighted by molar-refractivity contribution is 5.66. The van der Waals surface area contributed by atoms with E-state index in [0.717, 1.165) is 6.42 Å². The SMILES string of the molecule is CC(CCC(=O)O)NC1CCCC(C)(C)C1. The van der Waals surface area contributed by atoms with Crippen LogP contribution in [0, 0.1) is 5.41 Å². The zero-order valence-electron chi connectivity index (χ0n) is 10.8. The van der Waals surface area contributed by atoms with Gasteiger partial charge in [0.2, 0.25) is 0 Å². The molecule has 0 radical (unpaired) electrons. The molecule has 1 aliphatic carbocycles. The van der Waals surface area contributed by atoms with E-state index in [2.05, 4.69) is 26.1 Å². The Labute approximate surface area is 98.6 Å². The largest absolute Gasteiger partial charge is 0.481 e. The van der Waals surface area contributed by atoms with Gasteiger partial charge in [-0.2, -0.15) is 0 Å². The second kappa shape index (κ2) is 5.67. The molecule has 0 aliphatic heterocycles. The van der Waals surface area contributed by atoms with E-state index in [9.17, 15) is 4.79 Å². The predicted molar refractivity (Wildman–Crippen MR) is 65.5 cm³/mol. The van der Waals surface area contributed by atoms with Gasteiger partial charge in [0, 0.05) is 18.5 Å². The van der Waals surface area contributed by atoms with Crippen molar-refractivity contribution in [3.8, 4) is 0 Å². The fourth-order valence-corrected chi connectivity index (χ4v) is 2.67. The van der Waals surface area contributed by atoms with E-state index in [1.54, 1.807) is 0 Å². The van der Waals surface area contributed by atoms with Crippen LogP contribution in [-0.2, 0) is 4.79 Å². The summed E-state index contributed by atoms with van der Waals surface area (Å²) >= 11 is 0. The van der Waals surface area contributed by atoms with E-state index >= 15 is 0 Å². The minimum absolute atomic E-state index is 0.268. The minimum Gasteiger partial charge on any atom is -0.481 e. The van der Waals surface area contributed by atoms with Crippen molar-refractivity contribution in [2.24, 2.45) is 5.41 Å². The van der Waals surface area contributed by atoms with E-state index in [0.29, 0.717) is 17.5 Å². The van der Waals surface area contributed by atoms with Crippen LogP contribution >= 0.6 is 0 Å². The third kappa shape index (κ3) is 4.97. The van der Waals surface area contributed by atoms with E-state index in [-0.39, 0.29) is 6.42 Å². The topological polar surface area (TPSA) is 49.3 Å². The average molecular weight is 227 g/mol. The van der Waals surface area contributed by atoms with Crippen LogP contribution in [0.15, 0.2) is 0 Å². The summed E-state index contributed by atoms with van der Waals surface area (Å²) in [6.45, 7) is 6.73. The molecule has 1 fully saturated rings. The second-order valence-electron chi connectivity index (χ2n) is 5.96. The molecule has 2 N–H and O–H groups in total. The number of carbonyl (C=O) groups is 1. The standard InChI is InChI=1S/C13H25NO2/c1-10(6-7-12(15)16)14-11-5-4-8-13(2,3)9-11/h10-11,14H,4-9H2,1-3H3,(H,15,16). The Hall–Kier alpha value is -0.570. The number of carboxylic acid groups (broad SMARTS) is 1. The molecule has 0 spiro atoms. The van der Waals surface area contributed by atoms with Gasteiger partial charge in [-0.3, -0.25) is 4.79 Å². The van der Waals surface area contributed by atoms with Gasteiger partial charge in [-0.15, -0.1) is 0 Å². The van der Waals surface area contributed by atoms with Crippen LogP contribution in [0.3, 0.4) is 0 Å². The van der Waals surface area contributed by atoms with Gasteiger partial charge in [-0.25, -0.2) is 0 Å². The Morgan fingerprint density at radius 2 is 2.25 bits per heavy atom. The third-order valence-corrected chi connectivity index (χ3v) is 3.52. The van der Waals surface area contributed by atoms with Crippen LogP contribution in [-0.4, -0.2) is 23.2 Å². The molecule has 2 unspecified atom stereocenters. The minimum atomic E-state index is -0.697. The molecule has 2 atom stereocenters. The maximum atomic E-state index is 10.5. The van der Waals surface area contributed by atoms with Crippen molar-refractivity contribution in [2.75, 3.05) is 0 Å². The zero-order valence-corrected chi connectivity index (χ0v) is 10.8.